The zero-order valence-corrected chi connectivity index (χ0v) is 12.5. The summed E-state index contributed by atoms with van der Waals surface area (Å²) in [4.78, 5) is 30.5. The second-order valence-corrected chi connectivity index (χ2v) is 5.67. The highest BCUT2D eigenvalue weighted by atomic mass is 35.5. The van der Waals surface area contributed by atoms with Crippen molar-refractivity contribution in [1.82, 2.24) is 9.88 Å². The summed E-state index contributed by atoms with van der Waals surface area (Å²) in [7, 11) is 0. The molecule has 0 spiro atoms. The predicted octanol–water partition coefficient (Wildman–Crippen LogP) is 3.41. The predicted molar refractivity (Wildman–Crippen MR) is 81.6 cm³/mol. The molecule has 2 amide bonds. The standard InChI is InChI=1S/C15H11ClN2O2S/c1-2-12(13-17-9(7-16)8-21-13)18-14(19)10-5-3-4-6-11(10)15(18)20/h2-6,8,12H,1,7H2. The third-order valence-electron chi connectivity index (χ3n) is 3.29. The highest BCUT2D eigenvalue weighted by Crippen LogP contribution is 2.33. The number of fused-ring (bicyclic) bond motifs is 1. The number of benzene rings is 1. The molecular formula is C15H11ClN2O2S. The SMILES string of the molecule is C=CC(c1nc(CCl)cs1)N1C(=O)c2ccccc2C1=O. The number of thiazole rings is 1. The van der Waals surface area contributed by atoms with Crippen LogP contribution in [0.25, 0.3) is 0 Å². The smallest absolute Gasteiger partial charge is 0.262 e. The van der Waals surface area contributed by atoms with Crippen molar-refractivity contribution in [1.29, 1.82) is 0 Å². The van der Waals surface area contributed by atoms with Crippen molar-refractivity contribution >= 4 is 34.8 Å². The summed E-state index contributed by atoms with van der Waals surface area (Å²) in [5.74, 6) is -0.339. The fraction of sp³-hybridized carbons (Fsp3) is 0.133. The molecule has 2 heterocycles. The van der Waals surface area contributed by atoms with Gasteiger partial charge in [-0.2, -0.15) is 0 Å². The largest absolute Gasteiger partial charge is 0.269 e. The molecule has 1 aromatic heterocycles. The summed E-state index contributed by atoms with van der Waals surface area (Å²) in [6.45, 7) is 3.74. The van der Waals surface area contributed by atoms with Gasteiger partial charge in [-0.05, 0) is 12.1 Å². The van der Waals surface area contributed by atoms with Crippen molar-refractivity contribution < 1.29 is 9.59 Å². The Bertz CT molecular complexity index is 706. The van der Waals surface area contributed by atoms with Crippen molar-refractivity contribution in [2.75, 3.05) is 0 Å². The van der Waals surface area contributed by atoms with E-state index in [0.717, 1.165) is 5.69 Å². The average molecular weight is 319 g/mol. The van der Waals surface area contributed by atoms with E-state index in [1.54, 1.807) is 30.3 Å². The zero-order chi connectivity index (χ0) is 15.0. The number of halogens is 1. The van der Waals surface area contributed by atoms with Gasteiger partial charge in [0.1, 0.15) is 11.0 Å². The Morgan fingerprint density at radius 1 is 1.29 bits per heavy atom. The van der Waals surface area contributed by atoms with Gasteiger partial charge in [0.05, 0.1) is 22.7 Å². The van der Waals surface area contributed by atoms with Crippen molar-refractivity contribution in [3.05, 3.63) is 64.1 Å². The highest BCUT2D eigenvalue weighted by Gasteiger charge is 2.40. The summed E-state index contributed by atoms with van der Waals surface area (Å²) in [6, 6.07) is 6.22. The molecule has 1 aliphatic heterocycles. The van der Waals surface area contributed by atoms with Crippen LogP contribution in [-0.2, 0) is 5.88 Å². The van der Waals surface area contributed by atoms with Crippen LogP contribution in [0.3, 0.4) is 0 Å². The van der Waals surface area contributed by atoms with Gasteiger partial charge >= 0.3 is 0 Å². The molecule has 1 atom stereocenters. The van der Waals surface area contributed by atoms with Gasteiger partial charge < -0.3 is 0 Å². The lowest BCUT2D eigenvalue weighted by Crippen LogP contribution is -2.33. The van der Waals surface area contributed by atoms with Gasteiger partial charge in [-0.1, -0.05) is 18.2 Å². The molecule has 4 nitrogen and oxygen atoms in total. The highest BCUT2D eigenvalue weighted by molar-refractivity contribution is 7.09. The van der Waals surface area contributed by atoms with Crippen LogP contribution in [0.2, 0.25) is 0 Å². The molecule has 1 aliphatic rings. The fourth-order valence-electron chi connectivity index (χ4n) is 2.30. The van der Waals surface area contributed by atoms with Gasteiger partial charge in [0.25, 0.3) is 11.8 Å². The van der Waals surface area contributed by atoms with Crippen LogP contribution < -0.4 is 0 Å². The Morgan fingerprint density at radius 2 is 1.90 bits per heavy atom. The van der Waals surface area contributed by atoms with Crippen molar-refractivity contribution in [2.24, 2.45) is 0 Å². The number of amides is 2. The molecule has 2 aromatic rings. The van der Waals surface area contributed by atoms with Crippen LogP contribution in [0, 0.1) is 0 Å². The van der Waals surface area contributed by atoms with E-state index in [9.17, 15) is 9.59 Å². The van der Waals surface area contributed by atoms with Crippen molar-refractivity contribution in [3.8, 4) is 0 Å². The molecule has 3 rings (SSSR count). The fourth-order valence-corrected chi connectivity index (χ4v) is 3.43. The number of aromatic nitrogens is 1. The van der Waals surface area contributed by atoms with E-state index in [4.69, 9.17) is 11.6 Å². The molecule has 0 bridgehead atoms. The minimum absolute atomic E-state index is 0.294. The van der Waals surface area contributed by atoms with E-state index < -0.39 is 6.04 Å². The molecule has 0 N–H and O–H groups in total. The van der Waals surface area contributed by atoms with E-state index in [1.165, 1.54) is 16.2 Å². The van der Waals surface area contributed by atoms with Crippen LogP contribution in [0.5, 0.6) is 0 Å². The molecule has 1 aromatic carbocycles. The third-order valence-corrected chi connectivity index (χ3v) is 4.52. The second kappa shape index (κ2) is 5.42. The molecule has 0 saturated heterocycles. The molecule has 0 aliphatic carbocycles. The summed E-state index contributed by atoms with van der Waals surface area (Å²) >= 11 is 7.11. The molecule has 21 heavy (non-hydrogen) atoms. The Labute approximate surface area is 130 Å². The van der Waals surface area contributed by atoms with Crippen LogP contribution in [0.15, 0.2) is 42.3 Å². The first-order valence-electron chi connectivity index (χ1n) is 6.27. The zero-order valence-electron chi connectivity index (χ0n) is 11.0. The van der Waals surface area contributed by atoms with Crippen LogP contribution in [-0.4, -0.2) is 21.7 Å². The first-order valence-corrected chi connectivity index (χ1v) is 7.68. The van der Waals surface area contributed by atoms with Gasteiger partial charge in [-0.25, -0.2) is 4.98 Å². The molecular weight excluding hydrogens is 308 g/mol. The number of imide groups is 1. The Hall–Kier alpha value is -1.98. The number of carbonyl (C=O) groups excluding carboxylic acids is 2. The Morgan fingerprint density at radius 3 is 2.38 bits per heavy atom. The number of carbonyl (C=O) groups is 2. The molecule has 0 fully saturated rings. The van der Waals surface area contributed by atoms with Gasteiger partial charge in [-0.3, -0.25) is 14.5 Å². The molecule has 0 saturated carbocycles. The minimum Gasteiger partial charge on any atom is -0.269 e. The summed E-state index contributed by atoms with van der Waals surface area (Å²) in [5, 5.41) is 2.45. The maximum absolute atomic E-state index is 12.5. The first kappa shape index (κ1) is 14.0. The van der Waals surface area contributed by atoms with E-state index >= 15 is 0 Å². The second-order valence-electron chi connectivity index (χ2n) is 4.52. The number of hydrogen-bond acceptors (Lipinski definition) is 4. The maximum Gasteiger partial charge on any atom is 0.262 e. The average Bonchev–Trinajstić information content (AvgIpc) is 3.08. The van der Waals surface area contributed by atoms with Gasteiger partial charge in [0.2, 0.25) is 0 Å². The lowest BCUT2D eigenvalue weighted by molar-refractivity contribution is 0.0613. The summed E-state index contributed by atoms with van der Waals surface area (Å²) in [6.07, 6.45) is 1.55. The van der Waals surface area contributed by atoms with Crippen LogP contribution >= 0.6 is 22.9 Å². The Kier molecular flexibility index (Phi) is 3.61. The van der Waals surface area contributed by atoms with Gasteiger partial charge in [0, 0.05) is 5.38 Å². The number of alkyl halides is 1. The first-order chi connectivity index (χ1) is 10.2. The van der Waals surface area contributed by atoms with E-state index in [-0.39, 0.29) is 11.8 Å². The topological polar surface area (TPSA) is 50.3 Å². The summed E-state index contributed by atoms with van der Waals surface area (Å²) in [5.41, 5.74) is 1.56. The minimum atomic E-state index is -0.570. The molecule has 1 unspecified atom stereocenters. The summed E-state index contributed by atoms with van der Waals surface area (Å²) < 4.78 is 0. The normalized spacial score (nSPS) is 15.2. The van der Waals surface area contributed by atoms with Crippen molar-refractivity contribution in [3.63, 3.8) is 0 Å². The molecule has 6 heteroatoms. The molecule has 106 valence electrons. The number of nitrogens with zero attached hydrogens (tertiary/aromatic N) is 2. The van der Waals surface area contributed by atoms with Crippen molar-refractivity contribution in [2.45, 2.75) is 11.9 Å². The van der Waals surface area contributed by atoms with E-state index in [0.29, 0.717) is 22.0 Å². The number of rotatable bonds is 4. The van der Waals surface area contributed by atoms with Crippen LogP contribution in [0.1, 0.15) is 37.5 Å². The molecule has 0 radical (unpaired) electrons. The lowest BCUT2D eigenvalue weighted by atomic mass is 10.1. The number of hydrogen-bond donors (Lipinski definition) is 0. The van der Waals surface area contributed by atoms with Crippen LogP contribution in [0.4, 0.5) is 0 Å². The maximum atomic E-state index is 12.5. The Balaban J connectivity index is 2.01. The quantitative estimate of drug-likeness (QED) is 0.493. The van der Waals surface area contributed by atoms with Gasteiger partial charge in [0.15, 0.2) is 0 Å². The van der Waals surface area contributed by atoms with E-state index in [1.807, 2.05) is 5.38 Å². The van der Waals surface area contributed by atoms with Gasteiger partial charge in [-0.15, -0.1) is 29.5 Å². The lowest BCUT2D eigenvalue weighted by Gasteiger charge is -2.21. The van der Waals surface area contributed by atoms with E-state index in [2.05, 4.69) is 11.6 Å². The third kappa shape index (κ3) is 2.18. The monoisotopic (exact) mass is 318 g/mol.